The molecule has 3 heteroatoms. The Hall–Kier alpha value is -2.81. The molecule has 0 aliphatic rings. The van der Waals surface area contributed by atoms with Gasteiger partial charge in [-0.3, -0.25) is 0 Å². The van der Waals surface area contributed by atoms with Crippen molar-refractivity contribution in [1.82, 2.24) is 0 Å². The molecule has 1 heterocycles. The summed E-state index contributed by atoms with van der Waals surface area (Å²) < 4.78 is 5.67. The zero-order valence-electron chi connectivity index (χ0n) is 10.6. The predicted molar refractivity (Wildman–Crippen MR) is 78.5 cm³/mol. The summed E-state index contributed by atoms with van der Waals surface area (Å²) in [5.41, 5.74) is 2.06. The van der Waals surface area contributed by atoms with Crippen molar-refractivity contribution < 1.29 is 14.3 Å². The van der Waals surface area contributed by atoms with Gasteiger partial charge in [-0.15, -0.1) is 0 Å². The molecule has 1 aromatic heterocycles. The number of hydrogen-bond acceptors (Lipinski definition) is 2. The van der Waals surface area contributed by atoms with Gasteiger partial charge in [0.2, 0.25) is 0 Å². The number of aromatic carboxylic acids is 1. The van der Waals surface area contributed by atoms with E-state index in [-0.39, 0.29) is 5.56 Å². The molecule has 0 atom stereocenters. The molecule has 3 rings (SSSR count). The van der Waals surface area contributed by atoms with Crippen molar-refractivity contribution in [2.24, 2.45) is 0 Å². The zero-order valence-corrected chi connectivity index (χ0v) is 10.6. The van der Waals surface area contributed by atoms with E-state index in [0.717, 1.165) is 22.3 Å². The summed E-state index contributed by atoms with van der Waals surface area (Å²) in [7, 11) is 0. The van der Waals surface area contributed by atoms with Crippen LogP contribution < -0.4 is 0 Å². The minimum atomic E-state index is -0.919. The lowest BCUT2D eigenvalue weighted by Gasteiger charge is -1.95. The van der Waals surface area contributed by atoms with Gasteiger partial charge in [0.15, 0.2) is 0 Å². The second-order valence-electron chi connectivity index (χ2n) is 4.45. The van der Waals surface area contributed by atoms with Crippen molar-refractivity contribution in [3.8, 4) is 0 Å². The highest BCUT2D eigenvalue weighted by Crippen LogP contribution is 2.20. The Balaban J connectivity index is 1.84. The van der Waals surface area contributed by atoms with Crippen molar-refractivity contribution in [2.45, 2.75) is 0 Å². The van der Waals surface area contributed by atoms with Crippen LogP contribution in [0, 0.1) is 0 Å². The number of rotatable bonds is 3. The van der Waals surface area contributed by atoms with Crippen molar-refractivity contribution in [3.63, 3.8) is 0 Å². The Morgan fingerprint density at radius 1 is 1.00 bits per heavy atom. The van der Waals surface area contributed by atoms with Gasteiger partial charge in [-0.2, -0.15) is 0 Å². The normalized spacial score (nSPS) is 11.2. The van der Waals surface area contributed by atoms with Gasteiger partial charge < -0.3 is 9.52 Å². The molecule has 0 aliphatic heterocycles. The van der Waals surface area contributed by atoms with E-state index in [2.05, 4.69) is 0 Å². The average molecular weight is 264 g/mol. The lowest BCUT2D eigenvalue weighted by atomic mass is 10.1. The van der Waals surface area contributed by atoms with Crippen LogP contribution in [0.15, 0.2) is 59.0 Å². The Labute approximate surface area is 115 Å². The second kappa shape index (κ2) is 5.05. The number of carboxylic acid groups (broad SMARTS) is 1. The number of furan rings is 1. The van der Waals surface area contributed by atoms with Gasteiger partial charge in [-0.05, 0) is 35.9 Å². The largest absolute Gasteiger partial charge is 0.478 e. The third-order valence-electron chi connectivity index (χ3n) is 3.04. The summed E-state index contributed by atoms with van der Waals surface area (Å²) >= 11 is 0. The van der Waals surface area contributed by atoms with Crippen molar-refractivity contribution in [3.05, 3.63) is 71.5 Å². The van der Waals surface area contributed by atoms with Gasteiger partial charge >= 0.3 is 5.97 Å². The highest BCUT2D eigenvalue weighted by Gasteiger charge is 2.01. The standard InChI is InChI=1S/C17H12O3/c18-17(19)13-8-5-12(6-9-13)7-10-15-11-14-3-1-2-4-16(14)20-15/h1-11H,(H,18,19). The molecule has 0 amide bonds. The smallest absolute Gasteiger partial charge is 0.335 e. The highest BCUT2D eigenvalue weighted by atomic mass is 16.4. The number of hydrogen-bond donors (Lipinski definition) is 1. The Morgan fingerprint density at radius 2 is 1.75 bits per heavy atom. The van der Waals surface area contributed by atoms with Crippen molar-refractivity contribution in [2.75, 3.05) is 0 Å². The minimum Gasteiger partial charge on any atom is -0.478 e. The summed E-state index contributed by atoms with van der Waals surface area (Å²) in [6.07, 6.45) is 3.76. The first-order chi connectivity index (χ1) is 9.72. The molecule has 2 aromatic carbocycles. The van der Waals surface area contributed by atoms with Crippen LogP contribution in [-0.4, -0.2) is 11.1 Å². The van der Waals surface area contributed by atoms with Gasteiger partial charge in [0, 0.05) is 5.39 Å². The summed E-state index contributed by atoms with van der Waals surface area (Å²) in [4.78, 5) is 10.8. The van der Waals surface area contributed by atoms with E-state index >= 15 is 0 Å². The third kappa shape index (κ3) is 2.47. The van der Waals surface area contributed by atoms with E-state index < -0.39 is 5.97 Å². The number of fused-ring (bicyclic) bond motifs is 1. The van der Waals surface area contributed by atoms with Gasteiger partial charge in [0.1, 0.15) is 11.3 Å². The molecule has 3 aromatic rings. The summed E-state index contributed by atoms with van der Waals surface area (Å²) in [6.45, 7) is 0. The van der Waals surface area contributed by atoms with Gasteiger partial charge in [0.25, 0.3) is 0 Å². The Kier molecular flexibility index (Phi) is 3.09. The number of para-hydroxylation sites is 1. The van der Waals surface area contributed by atoms with E-state index in [4.69, 9.17) is 9.52 Å². The van der Waals surface area contributed by atoms with Crippen LogP contribution in [0.25, 0.3) is 23.1 Å². The molecular weight excluding hydrogens is 252 g/mol. The lowest BCUT2D eigenvalue weighted by Crippen LogP contribution is -1.94. The molecule has 98 valence electrons. The Morgan fingerprint density at radius 3 is 2.45 bits per heavy atom. The SMILES string of the molecule is O=C(O)c1ccc(C=Cc2cc3ccccc3o2)cc1. The fourth-order valence-electron chi connectivity index (χ4n) is 2.00. The predicted octanol–water partition coefficient (Wildman–Crippen LogP) is 4.30. The van der Waals surface area contributed by atoms with Crippen LogP contribution in [0.3, 0.4) is 0 Å². The van der Waals surface area contributed by atoms with E-state index in [1.165, 1.54) is 0 Å². The molecule has 0 spiro atoms. The zero-order chi connectivity index (χ0) is 13.9. The number of carboxylic acids is 1. The lowest BCUT2D eigenvalue weighted by molar-refractivity contribution is 0.0697. The average Bonchev–Trinajstić information content (AvgIpc) is 2.88. The topological polar surface area (TPSA) is 50.4 Å². The monoisotopic (exact) mass is 264 g/mol. The molecule has 0 unspecified atom stereocenters. The first-order valence-corrected chi connectivity index (χ1v) is 6.22. The van der Waals surface area contributed by atoms with Gasteiger partial charge in [-0.25, -0.2) is 4.79 Å². The van der Waals surface area contributed by atoms with Crippen LogP contribution >= 0.6 is 0 Å². The fourth-order valence-corrected chi connectivity index (χ4v) is 2.00. The molecule has 0 radical (unpaired) electrons. The first kappa shape index (κ1) is 12.2. The van der Waals surface area contributed by atoms with Crippen LogP contribution in [0.2, 0.25) is 0 Å². The maximum absolute atomic E-state index is 10.8. The molecule has 1 N–H and O–H groups in total. The molecule has 0 fully saturated rings. The summed E-state index contributed by atoms with van der Waals surface area (Å²) in [6, 6.07) is 16.5. The van der Waals surface area contributed by atoms with E-state index in [0.29, 0.717) is 0 Å². The van der Waals surface area contributed by atoms with E-state index in [1.54, 1.807) is 24.3 Å². The molecule has 0 bridgehead atoms. The minimum absolute atomic E-state index is 0.283. The first-order valence-electron chi connectivity index (χ1n) is 6.22. The van der Waals surface area contributed by atoms with Gasteiger partial charge in [0.05, 0.1) is 5.56 Å². The Bertz CT molecular complexity index is 746. The molecule has 0 saturated heterocycles. The third-order valence-corrected chi connectivity index (χ3v) is 3.04. The number of carbonyl (C=O) groups is 1. The quantitative estimate of drug-likeness (QED) is 0.767. The molecule has 0 saturated carbocycles. The van der Waals surface area contributed by atoms with Crippen LogP contribution in [0.5, 0.6) is 0 Å². The maximum Gasteiger partial charge on any atom is 0.335 e. The molecular formula is C17H12O3. The van der Waals surface area contributed by atoms with Crippen LogP contribution in [0.1, 0.15) is 21.7 Å². The van der Waals surface area contributed by atoms with E-state index in [1.807, 2.05) is 42.5 Å². The van der Waals surface area contributed by atoms with Gasteiger partial charge in [-0.1, -0.05) is 36.4 Å². The highest BCUT2D eigenvalue weighted by molar-refractivity contribution is 5.88. The van der Waals surface area contributed by atoms with Crippen LogP contribution in [-0.2, 0) is 0 Å². The summed E-state index contributed by atoms with van der Waals surface area (Å²) in [5, 5.41) is 9.89. The van der Waals surface area contributed by atoms with Crippen LogP contribution in [0.4, 0.5) is 0 Å². The molecule has 3 nitrogen and oxygen atoms in total. The van der Waals surface area contributed by atoms with Crippen molar-refractivity contribution in [1.29, 1.82) is 0 Å². The van der Waals surface area contributed by atoms with Crippen molar-refractivity contribution >= 4 is 29.1 Å². The number of benzene rings is 2. The maximum atomic E-state index is 10.8. The molecule has 20 heavy (non-hydrogen) atoms. The van der Waals surface area contributed by atoms with E-state index in [9.17, 15) is 4.79 Å². The fraction of sp³-hybridized carbons (Fsp3) is 0. The second-order valence-corrected chi connectivity index (χ2v) is 4.45. The summed E-state index contributed by atoms with van der Waals surface area (Å²) in [5.74, 6) is -0.147. The molecule has 0 aliphatic carbocycles.